The molecule has 7 heteroatoms. The quantitative estimate of drug-likeness (QED) is 0.323. The Morgan fingerprint density at radius 2 is 2.04 bits per heavy atom. The number of guanidine groups is 1. The third-order valence-electron chi connectivity index (χ3n) is 4.57. The van der Waals surface area contributed by atoms with Gasteiger partial charge in [0.15, 0.2) is 5.96 Å². The van der Waals surface area contributed by atoms with Crippen LogP contribution in [0.1, 0.15) is 18.9 Å². The number of aliphatic imine (C=N–C) groups is 1. The summed E-state index contributed by atoms with van der Waals surface area (Å²) < 4.78 is 27.1. The van der Waals surface area contributed by atoms with Crippen molar-refractivity contribution in [2.24, 2.45) is 4.99 Å². The van der Waals surface area contributed by atoms with Gasteiger partial charge in [-0.2, -0.15) is 0 Å². The van der Waals surface area contributed by atoms with Crippen molar-refractivity contribution in [3.05, 3.63) is 47.5 Å². The van der Waals surface area contributed by atoms with E-state index in [0.717, 1.165) is 57.2 Å². The van der Waals surface area contributed by atoms with Crippen molar-refractivity contribution < 1.29 is 8.78 Å². The van der Waals surface area contributed by atoms with Crippen molar-refractivity contribution in [3.63, 3.8) is 0 Å². The number of rotatable bonds is 4. The molecule has 1 fully saturated rings. The van der Waals surface area contributed by atoms with E-state index in [1.54, 1.807) is 0 Å². The van der Waals surface area contributed by atoms with E-state index in [9.17, 15) is 8.78 Å². The Balaban J connectivity index is 0.00000225. The topological polar surface area (TPSA) is 30.9 Å². The van der Waals surface area contributed by atoms with Crippen molar-refractivity contribution in [1.29, 1.82) is 0 Å². The highest BCUT2D eigenvalue weighted by Gasteiger charge is 2.29. The molecule has 1 saturated heterocycles. The molecule has 1 aromatic carbocycles. The molecule has 3 rings (SSSR count). The number of hydrogen-bond donors (Lipinski definition) is 1. The number of halogens is 3. The maximum atomic E-state index is 13.8. The van der Waals surface area contributed by atoms with Crippen molar-refractivity contribution in [2.75, 3.05) is 32.7 Å². The van der Waals surface area contributed by atoms with Crippen molar-refractivity contribution in [2.45, 2.75) is 25.9 Å². The highest BCUT2D eigenvalue weighted by molar-refractivity contribution is 14.0. The van der Waals surface area contributed by atoms with Crippen LogP contribution in [0.2, 0.25) is 0 Å². The minimum absolute atomic E-state index is 0. The Hall–Kier alpha value is -1.22. The lowest BCUT2D eigenvalue weighted by Crippen LogP contribution is -2.42. The molecule has 2 aliphatic heterocycles. The van der Waals surface area contributed by atoms with Gasteiger partial charge in [0, 0.05) is 44.3 Å². The molecule has 25 heavy (non-hydrogen) atoms. The highest BCUT2D eigenvalue weighted by Crippen LogP contribution is 2.18. The van der Waals surface area contributed by atoms with Crippen LogP contribution in [0.3, 0.4) is 0 Å². The second-order valence-electron chi connectivity index (χ2n) is 6.22. The molecule has 138 valence electrons. The van der Waals surface area contributed by atoms with Gasteiger partial charge in [0.25, 0.3) is 0 Å². The zero-order valence-corrected chi connectivity index (χ0v) is 16.8. The number of benzene rings is 1. The van der Waals surface area contributed by atoms with Crippen LogP contribution in [0.25, 0.3) is 0 Å². The maximum Gasteiger partial charge on any atom is 0.194 e. The first-order valence-corrected chi connectivity index (χ1v) is 8.53. The summed E-state index contributed by atoms with van der Waals surface area (Å²) in [6.07, 6.45) is 5.50. The molecule has 2 heterocycles. The lowest BCUT2D eigenvalue weighted by molar-refractivity contribution is 0.259. The fraction of sp³-hybridized carbons (Fsp3) is 0.500. The van der Waals surface area contributed by atoms with Gasteiger partial charge in [0.2, 0.25) is 0 Å². The average Bonchev–Trinajstić information content (AvgIpc) is 3.25. The van der Waals surface area contributed by atoms with E-state index in [1.807, 2.05) is 6.92 Å². The van der Waals surface area contributed by atoms with Gasteiger partial charge in [0.1, 0.15) is 11.6 Å². The molecule has 1 atom stereocenters. The molecule has 0 spiro atoms. The lowest BCUT2D eigenvalue weighted by atomic mass is 10.2. The summed E-state index contributed by atoms with van der Waals surface area (Å²) in [6, 6.07) is 4.02. The number of nitrogens with zero attached hydrogens (tertiary/aromatic N) is 3. The predicted molar refractivity (Wildman–Crippen MR) is 107 cm³/mol. The van der Waals surface area contributed by atoms with E-state index in [-0.39, 0.29) is 36.1 Å². The van der Waals surface area contributed by atoms with Crippen molar-refractivity contribution >= 4 is 29.9 Å². The number of hydrogen-bond acceptors (Lipinski definition) is 2. The molecule has 4 nitrogen and oxygen atoms in total. The van der Waals surface area contributed by atoms with Crippen molar-refractivity contribution in [3.8, 4) is 0 Å². The molecular weight excluding hydrogens is 437 g/mol. The smallest absolute Gasteiger partial charge is 0.194 e. The van der Waals surface area contributed by atoms with Gasteiger partial charge in [-0.05, 0) is 31.5 Å². The van der Waals surface area contributed by atoms with Crippen LogP contribution in [0, 0.1) is 11.6 Å². The second kappa shape index (κ2) is 9.47. The van der Waals surface area contributed by atoms with Crippen LogP contribution in [-0.4, -0.2) is 54.5 Å². The highest BCUT2D eigenvalue weighted by atomic mass is 127. The van der Waals surface area contributed by atoms with Gasteiger partial charge >= 0.3 is 0 Å². The van der Waals surface area contributed by atoms with E-state index < -0.39 is 11.6 Å². The Morgan fingerprint density at radius 3 is 2.76 bits per heavy atom. The van der Waals surface area contributed by atoms with Gasteiger partial charge in [-0.3, -0.25) is 4.90 Å². The molecular formula is C18H25F2IN4. The third kappa shape index (κ3) is 5.13. The minimum Gasteiger partial charge on any atom is -0.357 e. The van der Waals surface area contributed by atoms with E-state index in [2.05, 4.69) is 32.3 Å². The van der Waals surface area contributed by atoms with Crippen LogP contribution in [0.5, 0.6) is 0 Å². The summed E-state index contributed by atoms with van der Waals surface area (Å²) >= 11 is 0. The largest absolute Gasteiger partial charge is 0.357 e. The zero-order valence-electron chi connectivity index (χ0n) is 14.4. The van der Waals surface area contributed by atoms with Gasteiger partial charge in [0.05, 0.1) is 6.54 Å². The normalized spacial score (nSPS) is 20.8. The Labute approximate surface area is 165 Å². The molecule has 1 aromatic rings. The number of likely N-dealkylation sites (tertiary alicyclic amines) is 1. The first-order chi connectivity index (χ1) is 11.7. The molecule has 0 aliphatic carbocycles. The number of nitrogens with one attached hydrogen (secondary N) is 1. The molecule has 0 radical (unpaired) electrons. The fourth-order valence-corrected chi connectivity index (χ4v) is 3.28. The summed E-state index contributed by atoms with van der Waals surface area (Å²) in [7, 11) is 0. The van der Waals surface area contributed by atoms with Crippen LogP contribution in [0.4, 0.5) is 8.78 Å². The maximum absolute atomic E-state index is 13.8. The molecule has 0 aromatic heterocycles. The molecule has 1 unspecified atom stereocenters. The average molecular weight is 462 g/mol. The van der Waals surface area contributed by atoms with Crippen LogP contribution < -0.4 is 5.32 Å². The van der Waals surface area contributed by atoms with E-state index in [1.165, 1.54) is 6.07 Å². The fourth-order valence-electron chi connectivity index (χ4n) is 3.28. The Bertz CT molecular complexity index is 628. The van der Waals surface area contributed by atoms with E-state index >= 15 is 0 Å². The van der Waals surface area contributed by atoms with E-state index in [4.69, 9.17) is 0 Å². The summed E-state index contributed by atoms with van der Waals surface area (Å²) in [5, 5.41) is 3.27. The lowest BCUT2D eigenvalue weighted by Gasteiger charge is -2.25. The van der Waals surface area contributed by atoms with Crippen LogP contribution >= 0.6 is 24.0 Å². The summed E-state index contributed by atoms with van der Waals surface area (Å²) in [6.45, 7) is 6.77. The minimum atomic E-state index is -0.436. The third-order valence-corrected chi connectivity index (χ3v) is 4.57. The molecule has 1 N–H and O–H groups in total. The monoisotopic (exact) mass is 462 g/mol. The van der Waals surface area contributed by atoms with Gasteiger partial charge in [-0.1, -0.05) is 12.2 Å². The standard InChI is InChI=1S/C18H24F2N4.HI/c1-2-21-18(22-12-14-11-15(19)5-6-17(14)20)24-10-7-16(13-24)23-8-3-4-9-23;/h3-6,11,16H,2,7-10,12-13H2,1H3,(H,21,22);1H. The van der Waals surface area contributed by atoms with Crippen LogP contribution in [0.15, 0.2) is 35.3 Å². The Morgan fingerprint density at radius 1 is 1.28 bits per heavy atom. The van der Waals surface area contributed by atoms with Gasteiger partial charge < -0.3 is 10.2 Å². The summed E-state index contributed by atoms with van der Waals surface area (Å²) in [5.74, 6) is -0.0800. The SMILES string of the molecule is CCNC(=NCc1cc(F)ccc1F)N1CCC(N2CC=CC2)C1.I. The summed E-state index contributed by atoms with van der Waals surface area (Å²) in [5.41, 5.74) is 0.282. The summed E-state index contributed by atoms with van der Waals surface area (Å²) in [4.78, 5) is 9.19. The second-order valence-corrected chi connectivity index (χ2v) is 6.22. The van der Waals surface area contributed by atoms with Gasteiger partial charge in [-0.15, -0.1) is 24.0 Å². The van der Waals surface area contributed by atoms with Crippen molar-refractivity contribution in [1.82, 2.24) is 15.1 Å². The van der Waals surface area contributed by atoms with Crippen LogP contribution in [-0.2, 0) is 6.54 Å². The first kappa shape index (κ1) is 20.1. The molecule has 2 aliphatic rings. The molecule has 0 amide bonds. The first-order valence-electron chi connectivity index (χ1n) is 8.53. The predicted octanol–water partition coefficient (Wildman–Crippen LogP) is 2.99. The Kier molecular flexibility index (Phi) is 7.61. The molecule has 0 saturated carbocycles. The van der Waals surface area contributed by atoms with Gasteiger partial charge in [-0.25, -0.2) is 13.8 Å². The molecule has 0 bridgehead atoms. The zero-order chi connectivity index (χ0) is 16.9. The van der Waals surface area contributed by atoms with E-state index in [0.29, 0.717) is 6.04 Å².